The third kappa shape index (κ3) is 2.80. The zero-order valence-corrected chi connectivity index (χ0v) is 7.51. The smallest absolute Gasteiger partial charge is 0.0566 e. The highest BCUT2D eigenvalue weighted by atomic mass is 16.3. The Morgan fingerprint density at radius 2 is 2.27 bits per heavy atom. The molecule has 1 rings (SSSR count). The van der Waals surface area contributed by atoms with Crippen LogP contribution in [0.5, 0.6) is 0 Å². The van der Waals surface area contributed by atoms with Crippen molar-refractivity contribution in [3.63, 3.8) is 0 Å². The van der Waals surface area contributed by atoms with Crippen LogP contribution < -0.4 is 5.32 Å². The molecule has 1 aliphatic rings. The molecule has 2 heteroatoms. The van der Waals surface area contributed by atoms with E-state index in [9.17, 15) is 5.11 Å². The second-order valence-electron chi connectivity index (χ2n) is 3.91. The molecular weight excluding hydrogens is 138 g/mol. The van der Waals surface area contributed by atoms with Gasteiger partial charge in [-0.15, -0.1) is 0 Å². The van der Waals surface area contributed by atoms with Crippen molar-refractivity contribution in [2.24, 2.45) is 11.8 Å². The van der Waals surface area contributed by atoms with E-state index >= 15 is 0 Å². The number of nitrogens with one attached hydrogen (secondary N) is 1. The molecule has 1 heterocycles. The third-order valence-electron chi connectivity index (χ3n) is 2.51. The van der Waals surface area contributed by atoms with Crippen molar-refractivity contribution in [1.29, 1.82) is 0 Å². The van der Waals surface area contributed by atoms with E-state index in [1.807, 2.05) is 0 Å². The number of hydrogen-bond donors (Lipinski definition) is 2. The van der Waals surface area contributed by atoms with Gasteiger partial charge in [0, 0.05) is 0 Å². The number of aliphatic hydroxyl groups is 1. The molecule has 2 unspecified atom stereocenters. The quantitative estimate of drug-likeness (QED) is 0.640. The normalized spacial score (nSPS) is 27.8. The Hall–Kier alpha value is -0.0800. The molecular formula is C9H19NO. The van der Waals surface area contributed by atoms with Gasteiger partial charge in [-0.1, -0.05) is 13.8 Å². The van der Waals surface area contributed by atoms with Gasteiger partial charge in [0.25, 0.3) is 0 Å². The molecule has 2 N–H and O–H groups in total. The van der Waals surface area contributed by atoms with Crippen molar-refractivity contribution in [3.8, 4) is 0 Å². The fourth-order valence-electron chi connectivity index (χ4n) is 1.53. The van der Waals surface area contributed by atoms with Gasteiger partial charge in [-0.05, 0) is 37.8 Å². The molecule has 1 aliphatic heterocycles. The zero-order valence-electron chi connectivity index (χ0n) is 7.51. The highest BCUT2D eigenvalue weighted by Crippen LogP contribution is 2.18. The Labute approximate surface area is 69.0 Å². The first-order chi connectivity index (χ1) is 5.20. The molecule has 0 radical (unpaired) electrons. The lowest BCUT2D eigenvalue weighted by atomic mass is 9.94. The molecule has 2 nitrogen and oxygen atoms in total. The predicted molar refractivity (Wildman–Crippen MR) is 46.4 cm³/mol. The fraction of sp³-hybridized carbons (Fsp3) is 1.00. The van der Waals surface area contributed by atoms with Gasteiger partial charge in [-0.25, -0.2) is 0 Å². The minimum atomic E-state index is -0.0973. The monoisotopic (exact) mass is 157 g/mol. The lowest BCUT2D eigenvalue weighted by Gasteiger charge is -2.17. The van der Waals surface area contributed by atoms with E-state index < -0.39 is 0 Å². The standard InChI is InChI=1S/C9H19NO/c1-7(2)9(11)5-8-3-4-10-6-8/h7-11H,3-6H2,1-2H3. The fourth-order valence-corrected chi connectivity index (χ4v) is 1.53. The van der Waals surface area contributed by atoms with Crippen LogP contribution in [0.15, 0.2) is 0 Å². The Balaban J connectivity index is 2.18. The number of rotatable bonds is 3. The first-order valence-electron chi connectivity index (χ1n) is 4.59. The van der Waals surface area contributed by atoms with Crippen LogP contribution in [0.1, 0.15) is 26.7 Å². The van der Waals surface area contributed by atoms with Crippen molar-refractivity contribution < 1.29 is 5.11 Å². The highest BCUT2D eigenvalue weighted by molar-refractivity contribution is 4.75. The Bertz CT molecular complexity index is 108. The lowest BCUT2D eigenvalue weighted by molar-refractivity contribution is 0.100. The van der Waals surface area contributed by atoms with Crippen LogP contribution in [0.4, 0.5) is 0 Å². The number of hydrogen-bond acceptors (Lipinski definition) is 2. The van der Waals surface area contributed by atoms with Gasteiger partial charge in [0.2, 0.25) is 0 Å². The molecule has 0 aliphatic carbocycles. The van der Waals surface area contributed by atoms with Crippen molar-refractivity contribution in [3.05, 3.63) is 0 Å². The summed E-state index contributed by atoms with van der Waals surface area (Å²) in [6.07, 6.45) is 2.12. The molecule has 0 aromatic carbocycles. The largest absolute Gasteiger partial charge is 0.393 e. The van der Waals surface area contributed by atoms with Crippen molar-refractivity contribution >= 4 is 0 Å². The zero-order chi connectivity index (χ0) is 8.27. The minimum Gasteiger partial charge on any atom is -0.393 e. The molecule has 0 amide bonds. The van der Waals surface area contributed by atoms with Crippen LogP contribution in [-0.2, 0) is 0 Å². The SMILES string of the molecule is CC(C)C(O)CC1CCNC1. The Morgan fingerprint density at radius 3 is 2.73 bits per heavy atom. The third-order valence-corrected chi connectivity index (χ3v) is 2.51. The van der Waals surface area contributed by atoms with E-state index in [2.05, 4.69) is 19.2 Å². The van der Waals surface area contributed by atoms with Crippen LogP contribution in [-0.4, -0.2) is 24.3 Å². The van der Waals surface area contributed by atoms with E-state index in [0.29, 0.717) is 11.8 Å². The highest BCUT2D eigenvalue weighted by Gasteiger charge is 2.19. The maximum absolute atomic E-state index is 9.56. The second-order valence-corrected chi connectivity index (χ2v) is 3.91. The Kier molecular flexibility index (Phi) is 3.34. The maximum atomic E-state index is 9.56. The van der Waals surface area contributed by atoms with Gasteiger partial charge < -0.3 is 10.4 Å². The summed E-state index contributed by atoms with van der Waals surface area (Å²) in [7, 11) is 0. The predicted octanol–water partition coefficient (Wildman–Crippen LogP) is 1.00. The van der Waals surface area contributed by atoms with Crippen LogP contribution in [0, 0.1) is 11.8 Å². The first kappa shape index (κ1) is 9.01. The van der Waals surface area contributed by atoms with Crippen LogP contribution in [0.25, 0.3) is 0 Å². The summed E-state index contributed by atoms with van der Waals surface area (Å²) in [4.78, 5) is 0. The molecule has 1 fully saturated rings. The molecule has 0 saturated carbocycles. The average Bonchev–Trinajstić information content (AvgIpc) is 2.39. The van der Waals surface area contributed by atoms with E-state index in [1.54, 1.807) is 0 Å². The molecule has 1 saturated heterocycles. The summed E-state index contributed by atoms with van der Waals surface area (Å²) in [5.41, 5.74) is 0. The first-order valence-corrected chi connectivity index (χ1v) is 4.59. The van der Waals surface area contributed by atoms with Crippen molar-refractivity contribution in [2.75, 3.05) is 13.1 Å². The number of aliphatic hydroxyl groups excluding tert-OH is 1. The van der Waals surface area contributed by atoms with Crippen LogP contribution >= 0.6 is 0 Å². The molecule has 11 heavy (non-hydrogen) atoms. The maximum Gasteiger partial charge on any atom is 0.0566 e. The molecule has 0 aromatic rings. The van der Waals surface area contributed by atoms with Gasteiger partial charge in [-0.3, -0.25) is 0 Å². The molecule has 0 bridgehead atoms. The van der Waals surface area contributed by atoms with E-state index in [1.165, 1.54) is 6.42 Å². The minimum absolute atomic E-state index is 0.0973. The summed E-state index contributed by atoms with van der Waals surface area (Å²) in [6.45, 7) is 6.39. The lowest BCUT2D eigenvalue weighted by Crippen LogP contribution is -2.20. The van der Waals surface area contributed by atoms with E-state index in [-0.39, 0.29) is 6.10 Å². The molecule has 0 spiro atoms. The summed E-state index contributed by atoms with van der Waals surface area (Å²) >= 11 is 0. The summed E-state index contributed by atoms with van der Waals surface area (Å²) in [6, 6.07) is 0. The van der Waals surface area contributed by atoms with Gasteiger partial charge >= 0.3 is 0 Å². The van der Waals surface area contributed by atoms with Crippen LogP contribution in [0.3, 0.4) is 0 Å². The summed E-state index contributed by atoms with van der Waals surface area (Å²) < 4.78 is 0. The van der Waals surface area contributed by atoms with Crippen molar-refractivity contribution in [2.45, 2.75) is 32.8 Å². The summed E-state index contributed by atoms with van der Waals surface area (Å²) in [5, 5.41) is 12.9. The molecule has 2 atom stereocenters. The molecule has 66 valence electrons. The van der Waals surface area contributed by atoms with Gasteiger partial charge in [0.1, 0.15) is 0 Å². The molecule has 0 aromatic heterocycles. The average molecular weight is 157 g/mol. The topological polar surface area (TPSA) is 32.3 Å². The van der Waals surface area contributed by atoms with Crippen LogP contribution in [0.2, 0.25) is 0 Å². The Morgan fingerprint density at radius 1 is 1.55 bits per heavy atom. The van der Waals surface area contributed by atoms with Gasteiger partial charge in [-0.2, -0.15) is 0 Å². The van der Waals surface area contributed by atoms with Crippen molar-refractivity contribution in [1.82, 2.24) is 5.32 Å². The second kappa shape index (κ2) is 4.07. The van der Waals surface area contributed by atoms with E-state index in [0.717, 1.165) is 19.5 Å². The van der Waals surface area contributed by atoms with Gasteiger partial charge in [0.15, 0.2) is 0 Å². The van der Waals surface area contributed by atoms with Gasteiger partial charge in [0.05, 0.1) is 6.10 Å². The summed E-state index contributed by atoms with van der Waals surface area (Å²) in [5.74, 6) is 1.13. The van der Waals surface area contributed by atoms with E-state index in [4.69, 9.17) is 0 Å².